The van der Waals surface area contributed by atoms with Crippen LogP contribution in [0.25, 0.3) is 0 Å². The predicted molar refractivity (Wildman–Crippen MR) is 66.5 cm³/mol. The minimum Gasteiger partial charge on any atom is -0.481 e. The summed E-state index contributed by atoms with van der Waals surface area (Å²) in [6.07, 6.45) is 3.97. The molecule has 1 N–H and O–H groups in total. The van der Waals surface area contributed by atoms with Crippen LogP contribution in [0.3, 0.4) is 0 Å². The van der Waals surface area contributed by atoms with Crippen LogP contribution in [0.2, 0.25) is 0 Å². The molecule has 0 saturated heterocycles. The van der Waals surface area contributed by atoms with Crippen LogP contribution in [-0.2, 0) is 4.79 Å². The van der Waals surface area contributed by atoms with Gasteiger partial charge in [0.2, 0.25) is 0 Å². The van der Waals surface area contributed by atoms with Crippen LogP contribution in [0.15, 0.2) is 28.7 Å². The first-order chi connectivity index (χ1) is 7.70. The summed E-state index contributed by atoms with van der Waals surface area (Å²) in [4.78, 5) is 11.2. The standard InChI is InChI=1S/C13H15BrO2/c14-12-8-4-3-6-10(12)9-5-1-2-7-11(9)13(15)16/h3-4,6,8-9,11H,1-2,5,7H2,(H,15,16). The average Bonchev–Trinajstić information content (AvgIpc) is 2.29. The lowest BCUT2D eigenvalue weighted by atomic mass is 9.75. The van der Waals surface area contributed by atoms with E-state index < -0.39 is 5.97 Å². The molecule has 1 aromatic carbocycles. The normalized spacial score (nSPS) is 25.3. The highest BCUT2D eigenvalue weighted by Crippen LogP contribution is 2.40. The zero-order valence-electron chi connectivity index (χ0n) is 9.03. The van der Waals surface area contributed by atoms with Crippen LogP contribution < -0.4 is 0 Å². The summed E-state index contributed by atoms with van der Waals surface area (Å²) in [6.45, 7) is 0. The molecule has 86 valence electrons. The maximum absolute atomic E-state index is 11.2. The fourth-order valence-corrected chi connectivity index (χ4v) is 3.15. The smallest absolute Gasteiger partial charge is 0.307 e. The Kier molecular flexibility index (Phi) is 3.64. The van der Waals surface area contributed by atoms with Gasteiger partial charge in [-0.25, -0.2) is 0 Å². The number of hydrogen-bond donors (Lipinski definition) is 1. The van der Waals surface area contributed by atoms with Gasteiger partial charge in [0.25, 0.3) is 0 Å². The summed E-state index contributed by atoms with van der Waals surface area (Å²) in [5.74, 6) is -0.699. The molecule has 2 rings (SSSR count). The zero-order chi connectivity index (χ0) is 11.5. The van der Waals surface area contributed by atoms with Crippen LogP contribution in [0.4, 0.5) is 0 Å². The van der Waals surface area contributed by atoms with Gasteiger partial charge in [-0.1, -0.05) is 47.0 Å². The van der Waals surface area contributed by atoms with E-state index >= 15 is 0 Å². The van der Waals surface area contributed by atoms with E-state index in [1.807, 2.05) is 24.3 Å². The van der Waals surface area contributed by atoms with Crippen molar-refractivity contribution in [2.45, 2.75) is 31.6 Å². The van der Waals surface area contributed by atoms with E-state index in [-0.39, 0.29) is 11.8 Å². The average molecular weight is 283 g/mol. The molecule has 0 amide bonds. The Bertz CT molecular complexity index is 389. The predicted octanol–water partition coefficient (Wildman–Crippen LogP) is 3.81. The molecule has 1 aliphatic carbocycles. The minimum atomic E-state index is -0.652. The maximum atomic E-state index is 11.2. The van der Waals surface area contributed by atoms with Crippen molar-refractivity contribution >= 4 is 21.9 Å². The first kappa shape index (κ1) is 11.6. The van der Waals surface area contributed by atoms with E-state index in [4.69, 9.17) is 0 Å². The third-order valence-corrected chi connectivity index (χ3v) is 4.11. The summed E-state index contributed by atoms with van der Waals surface area (Å²) in [5, 5.41) is 9.25. The maximum Gasteiger partial charge on any atom is 0.307 e. The van der Waals surface area contributed by atoms with Crippen LogP contribution in [0.5, 0.6) is 0 Å². The van der Waals surface area contributed by atoms with Crippen molar-refractivity contribution in [3.8, 4) is 0 Å². The highest BCUT2D eigenvalue weighted by atomic mass is 79.9. The van der Waals surface area contributed by atoms with Gasteiger partial charge >= 0.3 is 5.97 Å². The highest BCUT2D eigenvalue weighted by molar-refractivity contribution is 9.10. The van der Waals surface area contributed by atoms with Crippen molar-refractivity contribution in [3.63, 3.8) is 0 Å². The second-order valence-electron chi connectivity index (χ2n) is 4.36. The molecule has 0 aromatic heterocycles. The molecule has 2 atom stereocenters. The molecule has 0 heterocycles. The summed E-state index contributed by atoms with van der Waals surface area (Å²) in [7, 11) is 0. The van der Waals surface area contributed by atoms with Crippen molar-refractivity contribution < 1.29 is 9.90 Å². The summed E-state index contributed by atoms with van der Waals surface area (Å²) in [6, 6.07) is 7.97. The number of benzene rings is 1. The van der Waals surface area contributed by atoms with Crippen LogP contribution in [0.1, 0.15) is 37.2 Å². The Morgan fingerprint density at radius 3 is 2.62 bits per heavy atom. The number of carboxylic acids is 1. The number of hydrogen-bond acceptors (Lipinski definition) is 1. The Balaban J connectivity index is 2.30. The van der Waals surface area contributed by atoms with E-state index in [0.717, 1.165) is 35.7 Å². The largest absolute Gasteiger partial charge is 0.481 e. The van der Waals surface area contributed by atoms with E-state index in [2.05, 4.69) is 15.9 Å². The van der Waals surface area contributed by atoms with Gasteiger partial charge in [0.1, 0.15) is 0 Å². The fourth-order valence-electron chi connectivity index (χ4n) is 2.57. The Morgan fingerprint density at radius 2 is 1.94 bits per heavy atom. The number of carbonyl (C=O) groups is 1. The van der Waals surface area contributed by atoms with Crippen molar-refractivity contribution in [3.05, 3.63) is 34.3 Å². The van der Waals surface area contributed by atoms with Crippen molar-refractivity contribution in [2.75, 3.05) is 0 Å². The van der Waals surface area contributed by atoms with Gasteiger partial charge in [-0.3, -0.25) is 4.79 Å². The number of rotatable bonds is 2. The van der Waals surface area contributed by atoms with Gasteiger partial charge in [0.15, 0.2) is 0 Å². The summed E-state index contributed by atoms with van der Waals surface area (Å²) in [5.41, 5.74) is 1.15. The van der Waals surface area contributed by atoms with E-state index in [0.29, 0.717) is 0 Å². The molecule has 0 aliphatic heterocycles. The molecule has 16 heavy (non-hydrogen) atoms. The molecule has 2 unspecified atom stereocenters. The first-order valence-corrected chi connectivity index (χ1v) is 6.46. The highest BCUT2D eigenvalue weighted by Gasteiger charge is 2.32. The molecular weight excluding hydrogens is 268 g/mol. The lowest BCUT2D eigenvalue weighted by molar-refractivity contribution is -0.143. The number of carboxylic acid groups (broad SMARTS) is 1. The molecular formula is C13H15BrO2. The van der Waals surface area contributed by atoms with Crippen molar-refractivity contribution in [1.82, 2.24) is 0 Å². The molecule has 1 saturated carbocycles. The molecule has 1 fully saturated rings. The Hall–Kier alpha value is -0.830. The molecule has 0 spiro atoms. The molecule has 1 aliphatic rings. The molecule has 0 radical (unpaired) electrons. The zero-order valence-corrected chi connectivity index (χ0v) is 10.6. The fraction of sp³-hybridized carbons (Fsp3) is 0.462. The van der Waals surface area contributed by atoms with Crippen LogP contribution in [0, 0.1) is 5.92 Å². The van der Waals surface area contributed by atoms with E-state index in [1.165, 1.54) is 0 Å². The molecule has 1 aromatic rings. The second-order valence-corrected chi connectivity index (χ2v) is 5.21. The Morgan fingerprint density at radius 1 is 1.25 bits per heavy atom. The molecule has 3 heteroatoms. The minimum absolute atomic E-state index is 0.168. The van der Waals surface area contributed by atoms with Crippen molar-refractivity contribution in [2.24, 2.45) is 5.92 Å². The van der Waals surface area contributed by atoms with Gasteiger partial charge in [-0.2, -0.15) is 0 Å². The molecule has 2 nitrogen and oxygen atoms in total. The van der Waals surface area contributed by atoms with Gasteiger partial charge in [0, 0.05) is 4.47 Å². The number of aliphatic carboxylic acids is 1. The second kappa shape index (κ2) is 5.00. The quantitative estimate of drug-likeness (QED) is 0.896. The Labute approximate surface area is 104 Å². The van der Waals surface area contributed by atoms with Gasteiger partial charge in [0.05, 0.1) is 5.92 Å². The van der Waals surface area contributed by atoms with Crippen LogP contribution in [-0.4, -0.2) is 11.1 Å². The summed E-state index contributed by atoms with van der Waals surface area (Å²) < 4.78 is 1.04. The topological polar surface area (TPSA) is 37.3 Å². The summed E-state index contributed by atoms with van der Waals surface area (Å²) >= 11 is 3.52. The SMILES string of the molecule is O=C(O)C1CCCCC1c1ccccc1Br. The third-order valence-electron chi connectivity index (χ3n) is 3.39. The lowest BCUT2D eigenvalue weighted by Crippen LogP contribution is -2.25. The third kappa shape index (κ3) is 2.29. The lowest BCUT2D eigenvalue weighted by Gasteiger charge is -2.29. The van der Waals surface area contributed by atoms with Crippen LogP contribution >= 0.6 is 15.9 Å². The number of halogens is 1. The monoisotopic (exact) mass is 282 g/mol. The first-order valence-electron chi connectivity index (χ1n) is 5.67. The van der Waals surface area contributed by atoms with Crippen molar-refractivity contribution in [1.29, 1.82) is 0 Å². The van der Waals surface area contributed by atoms with E-state index in [1.54, 1.807) is 0 Å². The van der Waals surface area contributed by atoms with E-state index in [9.17, 15) is 9.90 Å². The van der Waals surface area contributed by atoms with Gasteiger partial charge < -0.3 is 5.11 Å². The van der Waals surface area contributed by atoms with Gasteiger partial charge in [-0.15, -0.1) is 0 Å². The van der Waals surface area contributed by atoms with Gasteiger partial charge in [-0.05, 0) is 30.4 Å². The molecule has 0 bridgehead atoms.